The highest BCUT2D eigenvalue weighted by molar-refractivity contribution is 5.81. The van der Waals surface area contributed by atoms with Crippen LogP contribution < -0.4 is 0 Å². The number of halogens is 2. The monoisotopic (exact) mass is 308 g/mol. The quantitative estimate of drug-likeness (QED) is 0.854. The van der Waals surface area contributed by atoms with Crippen molar-refractivity contribution in [2.45, 2.75) is 38.3 Å². The molecule has 2 fully saturated rings. The Labute approximate surface area is 129 Å². The van der Waals surface area contributed by atoms with E-state index in [2.05, 4.69) is 4.90 Å². The van der Waals surface area contributed by atoms with Crippen molar-refractivity contribution in [3.63, 3.8) is 0 Å². The molecule has 0 bridgehead atoms. The van der Waals surface area contributed by atoms with Crippen molar-refractivity contribution in [3.8, 4) is 0 Å². The summed E-state index contributed by atoms with van der Waals surface area (Å²) in [5, 5.41) is 0. The second-order valence-electron chi connectivity index (χ2n) is 6.51. The number of nitrogens with zero attached hydrogens (tertiary/aromatic N) is 2. The Morgan fingerprint density at radius 1 is 1.14 bits per heavy atom. The van der Waals surface area contributed by atoms with Crippen molar-refractivity contribution in [1.82, 2.24) is 9.80 Å². The predicted octanol–water partition coefficient (Wildman–Crippen LogP) is 2.80. The molecule has 0 atom stereocenters. The number of benzene rings is 1. The number of hydrogen-bond donors (Lipinski definition) is 0. The number of carbonyl (C=O) groups excluding carboxylic acids is 1. The Morgan fingerprint density at radius 2 is 1.73 bits per heavy atom. The van der Waals surface area contributed by atoms with E-state index in [9.17, 15) is 13.6 Å². The zero-order valence-electron chi connectivity index (χ0n) is 12.9. The number of hydrogen-bond acceptors (Lipinski definition) is 2. The Hall–Kier alpha value is -1.49. The molecule has 0 spiro atoms. The first-order valence-corrected chi connectivity index (χ1v) is 7.97. The minimum absolute atomic E-state index is 0.262. The second-order valence-corrected chi connectivity index (χ2v) is 6.51. The van der Waals surface area contributed by atoms with Gasteiger partial charge < -0.3 is 4.90 Å². The maximum atomic E-state index is 13.2. The van der Waals surface area contributed by atoms with E-state index in [4.69, 9.17) is 0 Å². The van der Waals surface area contributed by atoms with E-state index in [0.717, 1.165) is 44.8 Å². The third kappa shape index (κ3) is 3.64. The second kappa shape index (κ2) is 6.32. The Balaban J connectivity index is 1.52. The molecule has 120 valence electrons. The molecule has 1 heterocycles. The zero-order valence-corrected chi connectivity index (χ0v) is 12.9. The number of carbonyl (C=O) groups is 1. The number of likely N-dealkylation sites (tertiary alicyclic amines) is 1. The summed E-state index contributed by atoms with van der Waals surface area (Å²) in [6, 6.07) is 3.97. The van der Waals surface area contributed by atoms with Gasteiger partial charge >= 0.3 is 0 Å². The summed E-state index contributed by atoms with van der Waals surface area (Å²) in [5.41, 5.74) is 0.665. The fraction of sp³-hybridized carbons (Fsp3) is 0.588. The Morgan fingerprint density at radius 3 is 2.27 bits per heavy atom. The molecular formula is C17H22F2N2O. The van der Waals surface area contributed by atoms with Crippen LogP contribution in [0.15, 0.2) is 18.2 Å². The lowest BCUT2D eigenvalue weighted by Gasteiger charge is -2.37. The van der Waals surface area contributed by atoms with Crippen LogP contribution in [0.4, 0.5) is 8.78 Å². The molecule has 1 aliphatic carbocycles. The molecule has 2 aliphatic rings. The number of rotatable bonds is 4. The zero-order chi connectivity index (χ0) is 15.7. The molecule has 1 aromatic carbocycles. The van der Waals surface area contributed by atoms with Crippen LogP contribution in [0, 0.1) is 17.6 Å². The third-order valence-corrected chi connectivity index (χ3v) is 4.71. The van der Waals surface area contributed by atoms with Crippen LogP contribution in [0.5, 0.6) is 0 Å². The maximum Gasteiger partial charge on any atom is 0.225 e. The molecule has 1 aromatic rings. The van der Waals surface area contributed by atoms with Crippen molar-refractivity contribution in [2.75, 3.05) is 20.1 Å². The first kappa shape index (κ1) is 15.4. The molecule has 0 radical (unpaired) electrons. The summed E-state index contributed by atoms with van der Waals surface area (Å²) in [4.78, 5) is 16.2. The van der Waals surface area contributed by atoms with E-state index in [1.54, 1.807) is 0 Å². The van der Waals surface area contributed by atoms with Gasteiger partial charge in [0.2, 0.25) is 5.91 Å². The van der Waals surface area contributed by atoms with E-state index in [0.29, 0.717) is 18.2 Å². The van der Waals surface area contributed by atoms with Crippen molar-refractivity contribution >= 4 is 5.91 Å². The predicted molar refractivity (Wildman–Crippen MR) is 80.2 cm³/mol. The van der Waals surface area contributed by atoms with Gasteiger partial charge in [-0.3, -0.25) is 9.69 Å². The highest BCUT2D eigenvalue weighted by Crippen LogP contribution is 2.32. The molecule has 0 unspecified atom stereocenters. The fourth-order valence-electron chi connectivity index (χ4n) is 3.22. The summed E-state index contributed by atoms with van der Waals surface area (Å²) < 4.78 is 26.4. The third-order valence-electron chi connectivity index (χ3n) is 4.71. The first-order valence-electron chi connectivity index (χ1n) is 7.97. The molecule has 22 heavy (non-hydrogen) atoms. The largest absolute Gasteiger partial charge is 0.342 e. The molecule has 1 saturated carbocycles. The van der Waals surface area contributed by atoms with Gasteiger partial charge in [-0.05, 0) is 43.4 Å². The highest BCUT2D eigenvalue weighted by Gasteiger charge is 2.35. The smallest absolute Gasteiger partial charge is 0.225 e. The van der Waals surface area contributed by atoms with Gasteiger partial charge in [-0.25, -0.2) is 8.78 Å². The Kier molecular flexibility index (Phi) is 4.43. The number of piperidine rings is 1. The molecule has 5 heteroatoms. The number of amides is 1. The summed E-state index contributed by atoms with van der Waals surface area (Å²) >= 11 is 0. The van der Waals surface area contributed by atoms with Gasteiger partial charge in [0.25, 0.3) is 0 Å². The molecule has 0 aromatic heterocycles. The van der Waals surface area contributed by atoms with Gasteiger partial charge in [0.05, 0.1) is 0 Å². The van der Waals surface area contributed by atoms with Gasteiger partial charge in [0, 0.05) is 44.7 Å². The molecule has 3 nitrogen and oxygen atoms in total. The van der Waals surface area contributed by atoms with Crippen molar-refractivity contribution in [3.05, 3.63) is 35.4 Å². The van der Waals surface area contributed by atoms with Gasteiger partial charge in [-0.1, -0.05) is 0 Å². The Bertz CT molecular complexity index is 531. The molecule has 1 saturated heterocycles. The lowest BCUT2D eigenvalue weighted by molar-refractivity contribution is -0.134. The first-order chi connectivity index (χ1) is 10.5. The van der Waals surface area contributed by atoms with Crippen LogP contribution in [0.1, 0.15) is 31.2 Å². The van der Waals surface area contributed by atoms with Crippen molar-refractivity contribution in [2.24, 2.45) is 5.92 Å². The fourth-order valence-corrected chi connectivity index (χ4v) is 3.22. The van der Waals surface area contributed by atoms with Crippen LogP contribution in [0.2, 0.25) is 0 Å². The minimum atomic E-state index is -0.528. The van der Waals surface area contributed by atoms with Crippen LogP contribution in [-0.4, -0.2) is 41.9 Å². The van der Waals surface area contributed by atoms with E-state index in [-0.39, 0.29) is 11.8 Å². The normalized spacial score (nSPS) is 20.1. The SMILES string of the molecule is CN(C(=O)C1CC1)C1CCN(Cc2cc(F)cc(F)c2)CC1. The average molecular weight is 308 g/mol. The minimum Gasteiger partial charge on any atom is -0.342 e. The summed E-state index contributed by atoms with van der Waals surface area (Å²) in [6.07, 6.45) is 3.92. The molecule has 1 aliphatic heterocycles. The summed E-state index contributed by atoms with van der Waals surface area (Å²) in [5.74, 6) is -0.511. The van der Waals surface area contributed by atoms with E-state index < -0.39 is 11.6 Å². The standard InChI is InChI=1S/C17H22F2N2O/c1-20(17(22)13-2-3-13)16-4-6-21(7-5-16)11-12-8-14(18)10-15(19)9-12/h8-10,13,16H,2-7,11H2,1H3. The van der Waals surface area contributed by atoms with E-state index >= 15 is 0 Å². The molecule has 1 amide bonds. The van der Waals surface area contributed by atoms with Gasteiger partial charge in [-0.15, -0.1) is 0 Å². The summed E-state index contributed by atoms with van der Waals surface area (Å²) in [7, 11) is 1.91. The topological polar surface area (TPSA) is 23.6 Å². The van der Waals surface area contributed by atoms with Crippen molar-refractivity contribution < 1.29 is 13.6 Å². The highest BCUT2D eigenvalue weighted by atomic mass is 19.1. The van der Waals surface area contributed by atoms with Gasteiger partial charge in [0.15, 0.2) is 0 Å². The lowest BCUT2D eigenvalue weighted by atomic mass is 10.0. The van der Waals surface area contributed by atoms with E-state index in [1.807, 2.05) is 11.9 Å². The van der Waals surface area contributed by atoms with Crippen LogP contribution >= 0.6 is 0 Å². The molecule has 0 N–H and O–H groups in total. The average Bonchev–Trinajstić information content (AvgIpc) is 3.30. The molecular weight excluding hydrogens is 286 g/mol. The van der Waals surface area contributed by atoms with Crippen molar-refractivity contribution in [1.29, 1.82) is 0 Å². The lowest BCUT2D eigenvalue weighted by Crippen LogP contribution is -2.45. The van der Waals surface area contributed by atoms with Crippen LogP contribution in [-0.2, 0) is 11.3 Å². The van der Waals surface area contributed by atoms with E-state index in [1.165, 1.54) is 12.1 Å². The van der Waals surface area contributed by atoms with Gasteiger partial charge in [0.1, 0.15) is 11.6 Å². The van der Waals surface area contributed by atoms with Crippen LogP contribution in [0.25, 0.3) is 0 Å². The summed E-state index contributed by atoms with van der Waals surface area (Å²) in [6.45, 7) is 2.26. The van der Waals surface area contributed by atoms with Gasteiger partial charge in [-0.2, -0.15) is 0 Å². The molecule has 3 rings (SSSR count). The maximum absolute atomic E-state index is 13.2. The van der Waals surface area contributed by atoms with Crippen LogP contribution in [0.3, 0.4) is 0 Å².